The van der Waals surface area contributed by atoms with Crippen molar-refractivity contribution in [3.05, 3.63) is 249 Å². The molecule has 5 nitrogen and oxygen atoms in total. The van der Waals surface area contributed by atoms with E-state index in [1.807, 2.05) is 24.3 Å². The number of rotatable bonds is 6. The van der Waals surface area contributed by atoms with Crippen LogP contribution in [0.2, 0.25) is 0 Å². The van der Waals surface area contributed by atoms with Crippen LogP contribution in [0, 0.1) is 41.5 Å². The monoisotopic (exact) mass is 1120 g/mol. The van der Waals surface area contributed by atoms with Crippen LogP contribution in [0.3, 0.4) is 0 Å². The molecule has 0 radical (unpaired) electrons. The van der Waals surface area contributed by atoms with Crippen LogP contribution in [0.4, 0.5) is 34.1 Å². The first-order valence-electron chi connectivity index (χ1n) is 30.3. The average molecular weight is 1120 g/mol. The van der Waals surface area contributed by atoms with E-state index in [2.05, 4.69) is 268 Å². The summed E-state index contributed by atoms with van der Waals surface area (Å²) < 4.78 is 15.9. The molecule has 0 saturated heterocycles. The second kappa shape index (κ2) is 19.0. The van der Waals surface area contributed by atoms with Gasteiger partial charge < -0.3 is 23.2 Å². The molecular formula is C80H70BN3O2. The van der Waals surface area contributed by atoms with Crippen LogP contribution in [0.1, 0.15) is 91.6 Å². The summed E-state index contributed by atoms with van der Waals surface area (Å²) in [5.74, 6) is 0. The molecule has 0 bridgehead atoms. The molecule has 2 aliphatic rings. The van der Waals surface area contributed by atoms with E-state index in [4.69, 9.17) is 8.83 Å². The molecule has 13 aromatic rings. The van der Waals surface area contributed by atoms with Crippen molar-refractivity contribution in [1.29, 1.82) is 0 Å². The normalized spacial score (nSPS) is 13.6. The lowest BCUT2D eigenvalue weighted by Gasteiger charge is -2.46. The molecule has 0 fully saturated rings. The van der Waals surface area contributed by atoms with Gasteiger partial charge in [0.15, 0.2) is 0 Å². The molecule has 0 atom stereocenters. The fraction of sp³-hybridized carbons (Fsp3) is 0.175. The van der Waals surface area contributed by atoms with Crippen LogP contribution in [0.15, 0.2) is 197 Å². The van der Waals surface area contributed by atoms with Crippen LogP contribution >= 0.6 is 0 Å². The van der Waals surface area contributed by atoms with Gasteiger partial charge in [0.25, 0.3) is 6.71 Å². The van der Waals surface area contributed by atoms with E-state index in [1.54, 1.807) is 0 Å². The van der Waals surface area contributed by atoms with Gasteiger partial charge in [-0.15, -0.1) is 0 Å². The Labute approximate surface area is 504 Å². The number of aryl methyl sites for hydroxylation is 6. The number of hydrogen-bond acceptors (Lipinski definition) is 4. The first-order valence-corrected chi connectivity index (χ1v) is 30.3. The quantitative estimate of drug-likeness (QED) is 0.156. The van der Waals surface area contributed by atoms with E-state index in [0.29, 0.717) is 0 Å². The SMILES string of the molecule is C=C/C(c1cc(C)c(N2c3cc4c(cc3B3c5cc(C(C)(C)C)ccc5N(c5c(C)cc(-c6cccc7c6oc6ccccc67)cc5C)c5cc(C(C)(C)C)cc2c53)c2ccccc2n4-c2c(C)cccc2C)c(C)c1)=c1/oc2ccccc2c1=C. The Bertz CT molecular complexity index is 5160. The predicted octanol–water partition coefficient (Wildman–Crippen LogP) is 18.4. The summed E-state index contributed by atoms with van der Waals surface area (Å²) >= 11 is 0. The van der Waals surface area contributed by atoms with E-state index >= 15 is 0 Å². The third-order valence-electron chi connectivity index (χ3n) is 18.9. The van der Waals surface area contributed by atoms with E-state index < -0.39 is 0 Å². The molecule has 0 aliphatic carbocycles. The number of allylic oxidation sites excluding steroid dienone is 1. The van der Waals surface area contributed by atoms with Crippen LogP contribution < -0.4 is 36.8 Å². The fourth-order valence-corrected chi connectivity index (χ4v) is 14.8. The summed E-state index contributed by atoms with van der Waals surface area (Å²) in [6.07, 6.45) is 1.93. The molecule has 0 spiro atoms. The first-order chi connectivity index (χ1) is 41.3. The Balaban J connectivity index is 1.05. The number of fused-ring (bicyclic) bond motifs is 11. The van der Waals surface area contributed by atoms with Crippen LogP contribution in [0.25, 0.3) is 83.7 Å². The highest BCUT2D eigenvalue weighted by Gasteiger charge is 2.46. The molecule has 86 heavy (non-hydrogen) atoms. The number of hydrogen-bond donors (Lipinski definition) is 0. The van der Waals surface area contributed by atoms with E-state index in [0.717, 1.165) is 82.6 Å². The standard InChI is InChI=1S/C80H70BN3O2/c1-15-56(77-51(8)57-26-17-20-32-71(57)85-77)52-36-47(4)76(48(5)37-52)84-68-44-67-62(59-27-16-19-31-65(59)82(67)74-45(2)24-22-25-46(74)3)43-64(68)81-63-40-54(79(9,10)11)34-35-66(63)83(69-41-55(80(12,13)14)42-70(84)73(69)81)75-49(6)38-53(39-50(75)7)58-29-23-30-61-60-28-18-21-33-72(60)86-78(58)61/h15-44H,1,8H2,2-7,9-14H3/b77-56-. The van der Waals surface area contributed by atoms with Crippen molar-refractivity contribution >= 4 is 124 Å². The van der Waals surface area contributed by atoms with E-state index in [9.17, 15) is 0 Å². The lowest BCUT2D eigenvalue weighted by molar-refractivity contribution is 0.573. The summed E-state index contributed by atoms with van der Waals surface area (Å²) in [6.45, 7) is 36.6. The van der Waals surface area contributed by atoms with Gasteiger partial charge >= 0.3 is 0 Å². The fourth-order valence-electron chi connectivity index (χ4n) is 14.8. The van der Waals surface area contributed by atoms with Crippen molar-refractivity contribution < 1.29 is 8.83 Å². The summed E-state index contributed by atoms with van der Waals surface area (Å²) in [6, 6.07) is 65.8. The zero-order valence-corrected chi connectivity index (χ0v) is 51.5. The second-order valence-electron chi connectivity index (χ2n) is 26.5. The summed E-state index contributed by atoms with van der Waals surface area (Å²) in [7, 11) is 0. The molecule has 2 aliphatic heterocycles. The molecule has 420 valence electrons. The highest BCUT2D eigenvalue weighted by atomic mass is 16.3. The molecule has 0 amide bonds. The minimum absolute atomic E-state index is 0.120. The number of benzene rings is 10. The third-order valence-corrected chi connectivity index (χ3v) is 18.9. The Hall–Kier alpha value is -9.52. The number of nitrogens with zero attached hydrogens (tertiary/aromatic N) is 3. The van der Waals surface area contributed by atoms with Crippen molar-refractivity contribution in [2.24, 2.45) is 0 Å². The molecule has 5 heterocycles. The molecule has 6 heteroatoms. The number of para-hydroxylation sites is 5. The van der Waals surface area contributed by atoms with Crippen LogP contribution in [-0.4, -0.2) is 11.3 Å². The minimum Gasteiger partial charge on any atom is -0.455 e. The lowest BCUT2D eigenvalue weighted by Crippen LogP contribution is -2.61. The smallest absolute Gasteiger partial charge is 0.252 e. The summed E-state index contributed by atoms with van der Waals surface area (Å²) in [4.78, 5) is 5.28. The highest BCUT2D eigenvalue weighted by Crippen LogP contribution is 2.51. The maximum Gasteiger partial charge on any atom is 0.252 e. The zero-order chi connectivity index (χ0) is 59.6. The summed E-state index contributed by atoms with van der Waals surface area (Å²) in [5, 5.41) is 6.60. The van der Waals surface area contributed by atoms with Gasteiger partial charge in [-0.1, -0.05) is 170 Å². The molecule has 0 unspecified atom stereocenters. The van der Waals surface area contributed by atoms with Gasteiger partial charge in [-0.25, -0.2) is 0 Å². The molecular weight excluding hydrogens is 1050 g/mol. The predicted molar refractivity (Wildman–Crippen MR) is 367 cm³/mol. The van der Waals surface area contributed by atoms with E-state index in [-0.39, 0.29) is 17.5 Å². The van der Waals surface area contributed by atoms with Gasteiger partial charge in [-0.05, 0) is 191 Å². The largest absolute Gasteiger partial charge is 0.455 e. The zero-order valence-electron chi connectivity index (χ0n) is 51.5. The molecule has 3 aromatic heterocycles. The Morgan fingerprint density at radius 3 is 1.65 bits per heavy atom. The molecule has 15 rings (SSSR count). The topological polar surface area (TPSA) is 37.7 Å². The van der Waals surface area contributed by atoms with Gasteiger partial charge in [0.1, 0.15) is 22.2 Å². The summed E-state index contributed by atoms with van der Waals surface area (Å²) in [5.41, 5.74) is 31.4. The van der Waals surface area contributed by atoms with Crippen molar-refractivity contribution in [1.82, 2.24) is 4.57 Å². The molecule has 0 N–H and O–H groups in total. The number of furan rings is 2. The van der Waals surface area contributed by atoms with Gasteiger partial charge in [0, 0.05) is 66.0 Å². The van der Waals surface area contributed by atoms with Gasteiger partial charge in [0.05, 0.1) is 28.1 Å². The van der Waals surface area contributed by atoms with Gasteiger partial charge in [-0.3, -0.25) is 0 Å². The average Bonchev–Trinajstić information content (AvgIpc) is 0.880. The Kier molecular flexibility index (Phi) is 11.8. The van der Waals surface area contributed by atoms with Crippen molar-refractivity contribution in [3.8, 4) is 16.8 Å². The number of aromatic nitrogens is 1. The minimum atomic E-state index is -0.229. The third kappa shape index (κ3) is 7.84. The highest BCUT2D eigenvalue weighted by molar-refractivity contribution is 7.00. The van der Waals surface area contributed by atoms with Crippen molar-refractivity contribution in [2.45, 2.75) is 93.9 Å². The molecule has 0 saturated carbocycles. The van der Waals surface area contributed by atoms with Crippen LogP contribution in [-0.2, 0) is 10.8 Å². The van der Waals surface area contributed by atoms with Gasteiger partial charge in [-0.2, -0.15) is 0 Å². The lowest BCUT2D eigenvalue weighted by atomic mass is 9.33. The number of anilines is 6. The van der Waals surface area contributed by atoms with E-state index in [1.165, 1.54) is 106 Å². The molecule has 10 aromatic carbocycles. The maximum atomic E-state index is 6.69. The second-order valence-corrected chi connectivity index (χ2v) is 26.5. The Morgan fingerprint density at radius 1 is 0.453 bits per heavy atom. The van der Waals surface area contributed by atoms with Gasteiger partial charge in [0.2, 0.25) is 0 Å². The first kappa shape index (κ1) is 53.2. The Morgan fingerprint density at radius 2 is 1.01 bits per heavy atom. The van der Waals surface area contributed by atoms with Crippen molar-refractivity contribution in [3.63, 3.8) is 0 Å². The maximum absolute atomic E-state index is 6.69. The van der Waals surface area contributed by atoms with Crippen LogP contribution in [0.5, 0.6) is 0 Å². The van der Waals surface area contributed by atoms with Crippen molar-refractivity contribution in [2.75, 3.05) is 9.80 Å².